The first-order valence-electron chi connectivity index (χ1n) is 12.4. The van der Waals surface area contributed by atoms with E-state index in [2.05, 4.69) is 29.4 Å². The Morgan fingerprint density at radius 3 is 2.06 bits per heavy atom. The molecule has 0 saturated heterocycles. The van der Waals surface area contributed by atoms with Gasteiger partial charge in [-0.2, -0.15) is 0 Å². The zero-order valence-electron chi connectivity index (χ0n) is 22.6. The van der Waals surface area contributed by atoms with Gasteiger partial charge >= 0.3 is 6.09 Å². The minimum atomic E-state index is -0.370. The molecule has 186 valence electrons. The van der Waals surface area contributed by atoms with E-state index >= 15 is 0 Å². The molecular formula is C26H50N4O2. The van der Waals surface area contributed by atoms with Crippen LogP contribution in [0.3, 0.4) is 0 Å². The molecule has 1 aromatic heterocycles. The minimum Gasteiger partial charge on any atom is -0.445 e. The van der Waals surface area contributed by atoms with Crippen LogP contribution < -0.4 is 5.32 Å². The van der Waals surface area contributed by atoms with Crippen LogP contribution in [0.1, 0.15) is 106 Å². The van der Waals surface area contributed by atoms with Gasteiger partial charge in [-0.05, 0) is 32.3 Å². The van der Waals surface area contributed by atoms with Crippen molar-refractivity contribution in [1.82, 2.24) is 20.1 Å². The highest BCUT2D eigenvalue weighted by atomic mass is 16.5. The quantitative estimate of drug-likeness (QED) is 0.446. The van der Waals surface area contributed by atoms with Gasteiger partial charge in [0.25, 0.3) is 0 Å². The van der Waals surface area contributed by atoms with Crippen LogP contribution in [0.25, 0.3) is 0 Å². The summed E-state index contributed by atoms with van der Waals surface area (Å²) in [7, 11) is 0. The Balaban J connectivity index is -0.000000945. The number of benzene rings is 1. The molecule has 2 rings (SSSR count). The highest BCUT2D eigenvalue weighted by Gasteiger charge is 2.18. The Labute approximate surface area is 198 Å². The lowest BCUT2D eigenvalue weighted by Crippen LogP contribution is -2.36. The number of aryl methyl sites for hydroxylation is 1. The number of hydrogen-bond acceptors (Lipinski definition) is 4. The number of amides is 1. The van der Waals surface area contributed by atoms with E-state index in [1.807, 2.05) is 97.2 Å². The number of carbonyl (C=O) groups excluding carboxylic acids is 1. The van der Waals surface area contributed by atoms with Crippen molar-refractivity contribution in [3.8, 4) is 0 Å². The maximum absolute atomic E-state index is 12.1. The van der Waals surface area contributed by atoms with Crippen LogP contribution in [0, 0.1) is 6.92 Å². The molecule has 0 aliphatic rings. The number of carbonyl (C=O) groups is 1. The Morgan fingerprint density at radius 2 is 1.59 bits per heavy atom. The van der Waals surface area contributed by atoms with Crippen LogP contribution in [0.15, 0.2) is 36.7 Å². The monoisotopic (exact) mass is 450 g/mol. The first kappa shape index (κ1) is 34.2. The lowest BCUT2D eigenvalue weighted by molar-refractivity contribution is 0.133. The molecule has 1 unspecified atom stereocenters. The molecule has 0 aliphatic heterocycles. The van der Waals surface area contributed by atoms with Crippen molar-refractivity contribution < 1.29 is 9.53 Å². The lowest BCUT2D eigenvalue weighted by Gasteiger charge is -2.23. The maximum atomic E-state index is 12.1. The summed E-state index contributed by atoms with van der Waals surface area (Å²) >= 11 is 0. The molecular weight excluding hydrogens is 400 g/mol. The van der Waals surface area contributed by atoms with Crippen LogP contribution in [0.2, 0.25) is 0 Å². The van der Waals surface area contributed by atoms with E-state index < -0.39 is 0 Å². The maximum Gasteiger partial charge on any atom is 0.407 e. The number of nitrogens with zero attached hydrogens (tertiary/aromatic N) is 3. The molecule has 6 nitrogen and oxygen atoms in total. The van der Waals surface area contributed by atoms with Gasteiger partial charge in [0.2, 0.25) is 0 Å². The largest absolute Gasteiger partial charge is 0.445 e. The van der Waals surface area contributed by atoms with Crippen LogP contribution in [0.4, 0.5) is 4.79 Å². The highest BCUT2D eigenvalue weighted by Crippen LogP contribution is 2.17. The molecule has 6 heteroatoms. The van der Waals surface area contributed by atoms with Gasteiger partial charge in [0.15, 0.2) is 0 Å². The summed E-state index contributed by atoms with van der Waals surface area (Å²) in [6.45, 7) is 22.4. The van der Waals surface area contributed by atoms with Gasteiger partial charge in [0.05, 0.1) is 0 Å². The second kappa shape index (κ2) is 24.9. The van der Waals surface area contributed by atoms with E-state index in [4.69, 9.17) is 4.74 Å². The van der Waals surface area contributed by atoms with E-state index in [0.29, 0.717) is 0 Å². The summed E-state index contributed by atoms with van der Waals surface area (Å²) in [6, 6.07) is 9.96. The lowest BCUT2D eigenvalue weighted by atomic mass is 10.0. The standard InChI is InChI=1S/C18H26N4O2.4C2H6/c1-4-8-17(11-14(2)22-13-19-21-15(22)3)20-18(23)24-12-16-9-6-5-7-10-16;4*1-2/h5-7,9-10,13-14,17H,4,8,11-12H2,1-3H3,(H,20,23);4*1-2H3/t14?,17-;;;;/m0..../s1. The molecule has 1 aromatic carbocycles. The predicted octanol–water partition coefficient (Wildman–Crippen LogP) is 7.74. The van der Waals surface area contributed by atoms with Crippen molar-refractivity contribution in [3.05, 3.63) is 48.0 Å². The summed E-state index contributed by atoms with van der Waals surface area (Å²) in [6.07, 6.45) is 4.08. The molecule has 1 amide bonds. The molecule has 0 radical (unpaired) electrons. The average Bonchev–Trinajstić information content (AvgIpc) is 3.29. The van der Waals surface area contributed by atoms with Crippen molar-refractivity contribution in [2.24, 2.45) is 0 Å². The predicted molar refractivity (Wildman–Crippen MR) is 138 cm³/mol. The van der Waals surface area contributed by atoms with E-state index in [-0.39, 0.29) is 24.8 Å². The summed E-state index contributed by atoms with van der Waals surface area (Å²) < 4.78 is 7.35. The van der Waals surface area contributed by atoms with Crippen molar-refractivity contribution in [3.63, 3.8) is 0 Å². The normalized spacial score (nSPS) is 10.7. The van der Waals surface area contributed by atoms with Gasteiger partial charge in [0.1, 0.15) is 18.8 Å². The third-order valence-electron chi connectivity index (χ3n) is 4.02. The summed E-state index contributed by atoms with van der Waals surface area (Å²) in [4.78, 5) is 12.1. The number of nitrogens with one attached hydrogen (secondary N) is 1. The van der Waals surface area contributed by atoms with Gasteiger partial charge in [-0.1, -0.05) is 99.1 Å². The van der Waals surface area contributed by atoms with Crippen molar-refractivity contribution in [1.29, 1.82) is 0 Å². The van der Waals surface area contributed by atoms with E-state index in [0.717, 1.165) is 30.7 Å². The SMILES string of the molecule is CC.CC.CC.CC.CCC[C@@H](CC(C)n1cnnc1C)NC(=O)OCc1ccccc1. The third kappa shape index (κ3) is 15.4. The van der Waals surface area contributed by atoms with Crippen LogP contribution in [0.5, 0.6) is 0 Å². The van der Waals surface area contributed by atoms with E-state index in [9.17, 15) is 4.79 Å². The average molecular weight is 451 g/mol. The van der Waals surface area contributed by atoms with Crippen LogP contribution in [-0.2, 0) is 11.3 Å². The fraction of sp³-hybridized carbons (Fsp3) is 0.654. The van der Waals surface area contributed by atoms with Gasteiger partial charge < -0.3 is 14.6 Å². The number of hydrogen-bond donors (Lipinski definition) is 1. The summed E-state index contributed by atoms with van der Waals surface area (Å²) in [5, 5.41) is 10.9. The number of rotatable bonds is 8. The summed E-state index contributed by atoms with van der Waals surface area (Å²) in [5.74, 6) is 0.879. The smallest absolute Gasteiger partial charge is 0.407 e. The molecule has 1 heterocycles. The van der Waals surface area contributed by atoms with Crippen molar-refractivity contribution in [2.75, 3.05) is 0 Å². The Bertz CT molecular complexity index is 630. The summed E-state index contributed by atoms with van der Waals surface area (Å²) in [5.41, 5.74) is 0.980. The Hall–Kier alpha value is -2.37. The number of aromatic nitrogens is 3. The van der Waals surface area contributed by atoms with Crippen molar-refractivity contribution in [2.45, 2.75) is 114 Å². The second-order valence-corrected chi connectivity index (χ2v) is 6.06. The molecule has 2 aromatic rings. The van der Waals surface area contributed by atoms with Gasteiger partial charge in [0, 0.05) is 12.1 Å². The van der Waals surface area contributed by atoms with Crippen molar-refractivity contribution >= 4 is 6.09 Å². The highest BCUT2D eigenvalue weighted by molar-refractivity contribution is 5.67. The zero-order chi connectivity index (χ0) is 25.4. The molecule has 32 heavy (non-hydrogen) atoms. The van der Waals surface area contributed by atoms with Gasteiger partial charge in [-0.15, -0.1) is 10.2 Å². The van der Waals surface area contributed by atoms with E-state index in [1.54, 1.807) is 6.33 Å². The molecule has 1 N–H and O–H groups in total. The molecule has 0 aliphatic carbocycles. The molecule has 0 bridgehead atoms. The van der Waals surface area contributed by atoms with Crippen LogP contribution >= 0.6 is 0 Å². The van der Waals surface area contributed by atoms with Gasteiger partial charge in [-0.25, -0.2) is 4.79 Å². The third-order valence-corrected chi connectivity index (χ3v) is 4.02. The first-order chi connectivity index (χ1) is 15.6. The number of ether oxygens (including phenoxy) is 1. The number of alkyl carbamates (subject to hydrolysis) is 1. The van der Waals surface area contributed by atoms with E-state index in [1.165, 1.54) is 0 Å². The Kier molecular flexibility index (Phi) is 26.6. The first-order valence-corrected chi connectivity index (χ1v) is 12.4. The molecule has 0 fully saturated rings. The second-order valence-electron chi connectivity index (χ2n) is 6.06. The fourth-order valence-corrected chi connectivity index (χ4v) is 2.79. The van der Waals surface area contributed by atoms with Gasteiger partial charge in [-0.3, -0.25) is 0 Å². The van der Waals surface area contributed by atoms with Crippen LogP contribution in [-0.4, -0.2) is 26.9 Å². The molecule has 2 atom stereocenters. The molecule has 0 saturated carbocycles. The zero-order valence-corrected chi connectivity index (χ0v) is 22.6. The fourth-order valence-electron chi connectivity index (χ4n) is 2.79. The molecule has 0 spiro atoms. The topological polar surface area (TPSA) is 69.0 Å². The minimum absolute atomic E-state index is 0.0649. The Morgan fingerprint density at radius 1 is 1.03 bits per heavy atom.